The molecule has 31 heavy (non-hydrogen) atoms. The summed E-state index contributed by atoms with van der Waals surface area (Å²) in [6, 6.07) is 15.4. The minimum atomic E-state index is -0.475. The Morgan fingerprint density at radius 3 is 2.68 bits per heavy atom. The highest BCUT2D eigenvalue weighted by Gasteiger charge is 2.25. The van der Waals surface area contributed by atoms with Crippen LogP contribution in [0.1, 0.15) is 15.2 Å². The van der Waals surface area contributed by atoms with Gasteiger partial charge in [-0.2, -0.15) is 0 Å². The van der Waals surface area contributed by atoms with Gasteiger partial charge in [0.25, 0.3) is 5.91 Å². The summed E-state index contributed by atoms with van der Waals surface area (Å²) in [5, 5.41) is 0. The molecule has 158 valence electrons. The van der Waals surface area contributed by atoms with Crippen molar-refractivity contribution in [3.63, 3.8) is 0 Å². The summed E-state index contributed by atoms with van der Waals surface area (Å²) in [6.45, 7) is 2.73. The molecule has 0 saturated carbocycles. The number of ether oxygens (including phenoxy) is 2. The molecule has 0 radical (unpaired) electrons. The van der Waals surface area contributed by atoms with Crippen LogP contribution in [0.3, 0.4) is 0 Å². The smallest absolute Gasteiger partial charge is 0.348 e. The zero-order valence-electron chi connectivity index (χ0n) is 16.8. The summed E-state index contributed by atoms with van der Waals surface area (Å²) in [5.74, 6) is 1.08. The molecular weight excluding hydrogens is 414 g/mol. The Morgan fingerprint density at radius 2 is 1.87 bits per heavy atom. The number of rotatable bonds is 4. The van der Waals surface area contributed by atoms with E-state index in [1.807, 2.05) is 42.5 Å². The molecule has 2 aromatic heterocycles. The van der Waals surface area contributed by atoms with Gasteiger partial charge in [-0.25, -0.2) is 9.78 Å². The van der Waals surface area contributed by atoms with E-state index in [9.17, 15) is 9.59 Å². The molecule has 0 aliphatic carbocycles. The summed E-state index contributed by atoms with van der Waals surface area (Å²) < 4.78 is 11.1. The Bertz CT molecular complexity index is 1110. The second-order valence-electron chi connectivity index (χ2n) is 7.38. The summed E-state index contributed by atoms with van der Waals surface area (Å²) in [6.07, 6.45) is 1.76. The molecule has 0 unspecified atom stereocenters. The van der Waals surface area contributed by atoms with Crippen LogP contribution < -0.4 is 9.64 Å². The zero-order chi connectivity index (χ0) is 21.2. The van der Waals surface area contributed by atoms with Gasteiger partial charge in [0.2, 0.25) is 0 Å². The maximum atomic E-state index is 12.6. The number of pyridine rings is 1. The first-order chi connectivity index (χ1) is 15.2. The van der Waals surface area contributed by atoms with Gasteiger partial charge in [0.1, 0.15) is 23.1 Å². The topological polar surface area (TPSA) is 72.0 Å². The lowest BCUT2D eigenvalue weighted by atomic mass is 10.1. The lowest BCUT2D eigenvalue weighted by Crippen LogP contribution is -2.50. The van der Waals surface area contributed by atoms with Crippen molar-refractivity contribution >= 4 is 29.0 Å². The maximum Gasteiger partial charge on any atom is 0.348 e. The highest BCUT2D eigenvalue weighted by Crippen LogP contribution is 2.42. The van der Waals surface area contributed by atoms with Crippen LogP contribution in [0.5, 0.6) is 5.75 Å². The second kappa shape index (κ2) is 8.39. The van der Waals surface area contributed by atoms with Gasteiger partial charge < -0.3 is 19.3 Å². The fraction of sp³-hybridized carbons (Fsp3) is 0.261. The number of esters is 1. The molecule has 0 N–H and O–H groups in total. The monoisotopic (exact) mass is 435 g/mol. The number of nitrogens with zero attached hydrogens (tertiary/aromatic N) is 3. The average Bonchev–Trinajstić information content (AvgIpc) is 3.28. The van der Waals surface area contributed by atoms with Gasteiger partial charge in [0.15, 0.2) is 6.61 Å². The van der Waals surface area contributed by atoms with E-state index in [2.05, 4.69) is 9.88 Å². The summed E-state index contributed by atoms with van der Waals surface area (Å²) >= 11 is 1.38. The number of hydrogen-bond acceptors (Lipinski definition) is 7. The van der Waals surface area contributed by atoms with Crippen LogP contribution in [0, 0.1) is 0 Å². The van der Waals surface area contributed by atoms with E-state index in [1.165, 1.54) is 11.3 Å². The third-order valence-corrected chi connectivity index (χ3v) is 6.65. The van der Waals surface area contributed by atoms with Crippen molar-refractivity contribution in [2.45, 2.75) is 6.61 Å². The summed E-state index contributed by atoms with van der Waals surface area (Å²) in [4.78, 5) is 34.8. The van der Waals surface area contributed by atoms with Crippen molar-refractivity contribution in [3.05, 3.63) is 65.2 Å². The minimum absolute atomic E-state index is 0.177. The van der Waals surface area contributed by atoms with E-state index in [0.29, 0.717) is 37.7 Å². The third-order valence-electron chi connectivity index (χ3n) is 5.46. The van der Waals surface area contributed by atoms with Crippen molar-refractivity contribution in [2.75, 3.05) is 37.7 Å². The Labute approximate surface area is 183 Å². The molecule has 1 fully saturated rings. The Balaban J connectivity index is 1.17. The fourth-order valence-electron chi connectivity index (χ4n) is 3.82. The summed E-state index contributed by atoms with van der Waals surface area (Å²) in [5.41, 5.74) is 1.95. The van der Waals surface area contributed by atoms with E-state index >= 15 is 0 Å². The molecule has 5 rings (SSSR count). The number of piperazine rings is 1. The lowest BCUT2D eigenvalue weighted by molar-refractivity contribution is -0.134. The van der Waals surface area contributed by atoms with E-state index in [-0.39, 0.29) is 12.5 Å². The van der Waals surface area contributed by atoms with Crippen LogP contribution in [0.15, 0.2) is 54.7 Å². The van der Waals surface area contributed by atoms with Crippen molar-refractivity contribution < 1.29 is 19.1 Å². The third kappa shape index (κ3) is 3.98. The van der Waals surface area contributed by atoms with Crippen LogP contribution in [-0.2, 0) is 16.1 Å². The molecule has 7 nitrogen and oxygen atoms in total. The number of benzene rings is 1. The predicted molar refractivity (Wildman–Crippen MR) is 117 cm³/mol. The number of aromatic nitrogens is 1. The highest BCUT2D eigenvalue weighted by atomic mass is 32.1. The number of amides is 1. The van der Waals surface area contributed by atoms with Crippen molar-refractivity contribution in [1.29, 1.82) is 0 Å². The molecule has 2 aliphatic rings. The molecule has 2 aliphatic heterocycles. The SMILES string of the molecule is O=C(OCC(=O)N1CCN(c2ccccn2)CC1)c1cc2c(s1)-c1ccccc1OC2. The molecule has 1 amide bonds. The Kier molecular flexibility index (Phi) is 5.30. The number of carbonyl (C=O) groups is 2. The molecule has 1 saturated heterocycles. The van der Waals surface area contributed by atoms with Gasteiger partial charge in [-0.3, -0.25) is 4.79 Å². The molecular formula is C23H21N3O4S. The highest BCUT2D eigenvalue weighted by molar-refractivity contribution is 7.17. The van der Waals surface area contributed by atoms with Crippen LogP contribution in [0.2, 0.25) is 0 Å². The van der Waals surface area contributed by atoms with Crippen LogP contribution in [0.4, 0.5) is 5.82 Å². The number of anilines is 1. The Morgan fingerprint density at radius 1 is 1.06 bits per heavy atom. The first-order valence-corrected chi connectivity index (χ1v) is 11.0. The average molecular weight is 436 g/mol. The van der Waals surface area contributed by atoms with E-state index in [0.717, 1.165) is 27.6 Å². The van der Waals surface area contributed by atoms with Crippen molar-refractivity contribution in [2.24, 2.45) is 0 Å². The molecule has 1 aromatic carbocycles. The molecule has 0 spiro atoms. The number of para-hydroxylation sites is 1. The number of thiophene rings is 1. The minimum Gasteiger partial charge on any atom is -0.488 e. The van der Waals surface area contributed by atoms with Crippen molar-refractivity contribution in [3.8, 4) is 16.2 Å². The van der Waals surface area contributed by atoms with Gasteiger partial charge >= 0.3 is 5.97 Å². The quantitative estimate of drug-likeness (QED) is 0.586. The van der Waals surface area contributed by atoms with E-state index in [1.54, 1.807) is 17.2 Å². The number of fused-ring (bicyclic) bond motifs is 3. The molecule has 0 atom stereocenters. The molecule has 4 heterocycles. The molecule has 3 aromatic rings. The normalized spacial score (nSPS) is 15.0. The van der Waals surface area contributed by atoms with Crippen molar-refractivity contribution in [1.82, 2.24) is 9.88 Å². The maximum absolute atomic E-state index is 12.6. The standard InChI is InChI=1S/C23H21N3O4S/c27-21(26-11-9-25(10-12-26)20-7-3-4-8-24-20)15-30-23(28)19-13-16-14-29-18-6-2-1-5-17(18)22(16)31-19/h1-8,13H,9-12,14-15H2. The number of carbonyl (C=O) groups excluding carboxylic acids is 2. The first kappa shape index (κ1) is 19.6. The largest absolute Gasteiger partial charge is 0.488 e. The zero-order valence-corrected chi connectivity index (χ0v) is 17.6. The second-order valence-corrected chi connectivity index (χ2v) is 8.43. The fourth-order valence-corrected chi connectivity index (χ4v) is 4.91. The van der Waals surface area contributed by atoms with Crippen LogP contribution in [0.25, 0.3) is 10.4 Å². The number of hydrogen-bond donors (Lipinski definition) is 0. The van der Waals surface area contributed by atoms with Gasteiger partial charge in [0.05, 0.1) is 0 Å². The summed E-state index contributed by atoms with van der Waals surface area (Å²) in [7, 11) is 0. The Hall–Kier alpha value is -3.39. The van der Waals surface area contributed by atoms with Gasteiger partial charge in [-0.1, -0.05) is 18.2 Å². The predicted octanol–water partition coefficient (Wildman–Crippen LogP) is 3.21. The molecule has 8 heteroatoms. The van der Waals surface area contributed by atoms with Gasteiger partial charge in [-0.05, 0) is 30.3 Å². The van der Waals surface area contributed by atoms with E-state index < -0.39 is 5.97 Å². The van der Waals surface area contributed by atoms with Crippen LogP contribution in [-0.4, -0.2) is 54.5 Å². The van der Waals surface area contributed by atoms with Gasteiger partial charge in [-0.15, -0.1) is 11.3 Å². The van der Waals surface area contributed by atoms with E-state index in [4.69, 9.17) is 9.47 Å². The van der Waals surface area contributed by atoms with Crippen LogP contribution >= 0.6 is 11.3 Å². The molecule has 0 bridgehead atoms. The first-order valence-electron chi connectivity index (χ1n) is 10.1. The van der Waals surface area contributed by atoms with Gasteiger partial charge in [0, 0.05) is 48.4 Å². The lowest BCUT2D eigenvalue weighted by Gasteiger charge is -2.35.